The lowest BCUT2D eigenvalue weighted by atomic mass is 9.74. The number of aromatic amines is 1. The van der Waals surface area contributed by atoms with Crippen molar-refractivity contribution in [1.82, 2.24) is 20.3 Å². The van der Waals surface area contributed by atoms with E-state index in [1.165, 1.54) is 22.4 Å². The fraction of sp³-hybridized carbons (Fsp3) is 0.250. The molecule has 1 spiro atoms. The summed E-state index contributed by atoms with van der Waals surface area (Å²) in [6, 6.07) is 19.7. The number of H-pyrrole nitrogens is 1. The summed E-state index contributed by atoms with van der Waals surface area (Å²) in [5, 5.41) is 4.62. The summed E-state index contributed by atoms with van der Waals surface area (Å²) in [7, 11) is 0. The van der Waals surface area contributed by atoms with Crippen LogP contribution in [0.25, 0.3) is 22.2 Å². The SMILES string of the molecule is c1ccc(-c2ccc3c(c2)C2(CCNCC2)CN3c2ncnc3[nH]ccc23)cc1. The first-order valence-electron chi connectivity index (χ1n) is 10.3. The lowest BCUT2D eigenvalue weighted by molar-refractivity contribution is 0.329. The molecule has 1 saturated heterocycles. The number of hydrogen-bond acceptors (Lipinski definition) is 4. The Labute approximate surface area is 169 Å². The third kappa shape index (κ3) is 2.58. The standard InChI is InChI=1S/C24H23N5/c1-2-4-17(5-3-1)18-6-7-21-20(14-18)24(9-12-25-13-10-24)15-29(21)23-19-8-11-26-22(19)27-16-28-23/h1-8,11,14,16,25H,9-10,12-13,15H2,(H,26,27,28). The zero-order valence-electron chi connectivity index (χ0n) is 16.2. The van der Waals surface area contributed by atoms with E-state index in [1.54, 1.807) is 6.33 Å². The first-order valence-corrected chi connectivity index (χ1v) is 10.3. The molecule has 2 N–H and O–H groups in total. The van der Waals surface area contributed by atoms with Crippen molar-refractivity contribution < 1.29 is 0 Å². The third-order valence-electron chi connectivity index (χ3n) is 6.58. The van der Waals surface area contributed by atoms with E-state index in [0.717, 1.165) is 49.3 Å². The van der Waals surface area contributed by atoms with Gasteiger partial charge in [0.05, 0.1) is 5.39 Å². The smallest absolute Gasteiger partial charge is 0.145 e. The lowest BCUT2D eigenvalue weighted by Crippen LogP contribution is -2.42. The molecule has 0 bridgehead atoms. The zero-order valence-corrected chi connectivity index (χ0v) is 16.2. The molecule has 2 aliphatic rings. The van der Waals surface area contributed by atoms with Gasteiger partial charge in [-0.25, -0.2) is 9.97 Å². The summed E-state index contributed by atoms with van der Waals surface area (Å²) in [5.41, 5.74) is 6.37. The Morgan fingerprint density at radius 3 is 2.62 bits per heavy atom. The highest BCUT2D eigenvalue weighted by atomic mass is 15.2. The summed E-state index contributed by atoms with van der Waals surface area (Å²) in [6.45, 7) is 3.10. The Hall–Kier alpha value is -3.18. The quantitative estimate of drug-likeness (QED) is 0.540. The molecule has 0 amide bonds. The van der Waals surface area contributed by atoms with Crippen LogP contribution < -0.4 is 10.2 Å². The Balaban J connectivity index is 1.53. The highest BCUT2D eigenvalue weighted by Gasteiger charge is 2.44. The summed E-state index contributed by atoms with van der Waals surface area (Å²) in [4.78, 5) is 14.7. The highest BCUT2D eigenvalue weighted by molar-refractivity contribution is 5.91. The number of aromatic nitrogens is 3. The molecule has 144 valence electrons. The molecule has 1 fully saturated rings. The number of nitrogens with one attached hydrogen (secondary N) is 2. The van der Waals surface area contributed by atoms with Gasteiger partial charge in [-0.05, 0) is 60.8 Å². The van der Waals surface area contributed by atoms with Gasteiger partial charge in [-0.1, -0.05) is 36.4 Å². The summed E-state index contributed by atoms with van der Waals surface area (Å²) in [6.07, 6.45) is 5.91. The Bertz CT molecular complexity index is 1170. The molecule has 4 heterocycles. The van der Waals surface area contributed by atoms with E-state index in [4.69, 9.17) is 4.98 Å². The van der Waals surface area contributed by atoms with Crippen molar-refractivity contribution in [2.24, 2.45) is 0 Å². The fourth-order valence-corrected chi connectivity index (χ4v) is 5.07. The van der Waals surface area contributed by atoms with Crippen molar-refractivity contribution in [2.45, 2.75) is 18.3 Å². The number of piperidine rings is 1. The monoisotopic (exact) mass is 381 g/mol. The van der Waals surface area contributed by atoms with Crippen LogP contribution in [0.3, 0.4) is 0 Å². The topological polar surface area (TPSA) is 56.8 Å². The van der Waals surface area contributed by atoms with Crippen LogP contribution in [0.4, 0.5) is 11.5 Å². The molecule has 29 heavy (non-hydrogen) atoms. The Morgan fingerprint density at radius 2 is 1.76 bits per heavy atom. The second-order valence-electron chi connectivity index (χ2n) is 8.15. The van der Waals surface area contributed by atoms with E-state index in [2.05, 4.69) is 74.8 Å². The van der Waals surface area contributed by atoms with Crippen molar-refractivity contribution in [1.29, 1.82) is 0 Å². The highest BCUT2D eigenvalue weighted by Crippen LogP contribution is 2.50. The van der Waals surface area contributed by atoms with Crippen LogP contribution in [0.5, 0.6) is 0 Å². The molecule has 0 radical (unpaired) electrons. The normalized spacial score (nSPS) is 17.7. The van der Waals surface area contributed by atoms with Gasteiger partial charge < -0.3 is 15.2 Å². The molecule has 5 heteroatoms. The van der Waals surface area contributed by atoms with E-state index in [9.17, 15) is 0 Å². The van der Waals surface area contributed by atoms with Crippen LogP contribution in [0, 0.1) is 0 Å². The average molecular weight is 381 g/mol. The Morgan fingerprint density at radius 1 is 0.897 bits per heavy atom. The zero-order chi connectivity index (χ0) is 19.3. The molecule has 0 unspecified atom stereocenters. The van der Waals surface area contributed by atoms with Crippen LogP contribution >= 0.6 is 0 Å². The van der Waals surface area contributed by atoms with Crippen LogP contribution in [0.15, 0.2) is 67.1 Å². The number of rotatable bonds is 2. The maximum absolute atomic E-state index is 4.70. The van der Waals surface area contributed by atoms with E-state index in [-0.39, 0.29) is 5.41 Å². The summed E-state index contributed by atoms with van der Waals surface area (Å²) < 4.78 is 0. The molecule has 2 aliphatic heterocycles. The lowest BCUT2D eigenvalue weighted by Gasteiger charge is -2.35. The average Bonchev–Trinajstić information content (AvgIpc) is 3.38. The summed E-state index contributed by atoms with van der Waals surface area (Å²) >= 11 is 0. The van der Waals surface area contributed by atoms with E-state index in [0.29, 0.717) is 0 Å². The number of hydrogen-bond donors (Lipinski definition) is 2. The van der Waals surface area contributed by atoms with Crippen molar-refractivity contribution in [3.05, 3.63) is 72.7 Å². The molecule has 0 atom stereocenters. The summed E-state index contributed by atoms with van der Waals surface area (Å²) in [5.74, 6) is 1.00. The number of fused-ring (bicyclic) bond motifs is 3. The van der Waals surface area contributed by atoms with E-state index >= 15 is 0 Å². The minimum Gasteiger partial charge on any atom is -0.346 e. The number of anilines is 2. The molecule has 5 nitrogen and oxygen atoms in total. The van der Waals surface area contributed by atoms with Gasteiger partial charge in [-0.3, -0.25) is 0 Å². The van der Waals surface area contributed by atoms with Crippen molar-refractivity contribution >= 4 is 22.5 Å². The number of nitrogens with zero attached hydrogens (tertiary/aromatic N) is 3. The van der Waals surface area contributed by atoms with Crippen molar-refractivity contribution in [2.75, 3.05) is 24.5 Å². The van der Waals surface area contributed by atoms with Crippen LogP contribution in [0.2, 0.25) is 0 Å². The molecule has 4 aromatic rings. The van der Waals surface area contributed by atoms with Gasteiger partial charge in [0.15, 0.2) is 0 Å². The molecular weight excluding hydrogens is 358 g/mol. The largest absolute Gasteiger partial charge is 0.346 e. The maximum atomic E-state index is 4.70. The predicted molar refractivity (Wildman–Crippen MR) is 117 cm³/mol. The maximum Gasteiger partial charge on any atom is 0.145 e. The molecule has 2 aromatic heterocycles. The van der Waals surface area contributed by atoms with Crippen LogP contribution in [-0.2, 0) is 5.41 Å². The molecule has 0 saturated carbocycles. The molecular formula is C24H23N5. The van der Waals surface area contributed by atoms with Gasteiger partial charge in [0, 0.05) is 23.8 Å². The van der Waals surface area contributed by atoms with Gasteiger partial charge in [0.2, 0.25) is 0 Å². The second kappa shape index (κ2) is 6.42. The van der Waals surface area contributed by atoms with Crippen LogP contribution in [-0.4, -0.2) is 34.6 Å². The van der Waals surface area contributed by atoms with Crippen molar-refractivity contribution in [3.63, 3.8) is 0 Å². The molecule has 2 aromatic carbocycles. The fourth-order valence-electron chi connectivity index (χ4n) is 5.07. The minimum atomic E-state index is 0.166. The Kier molecular flexibility index (Phi) is 3.71. The first kappa shape index (κ1) is 16.7. The van der Waals surface area contributed by atoms with Gasteiger partial charge in [0.1, 0.15) is 17.8 Å². The van der Waals surface area contributed by atoms with E-state index in [1.807, 2.05) is 6.20 Å². The van der Waals surface area contributed by atoms with Crippen LogP contribution in [0.1, 0.15) is 18.4 Å². The van der Waals surface area contributed by atoms with Crippen molar-refractivity contribution in [3.8, 4) is 11.1 Å². The predicted octanol–water partition coefficient (Wildman–Crippen LogP) is 4.40. The van der Waals surface area contributed by atoms with Gasteiger partial charge in [-0.15, -0.1) is 0 Å². The van der Waals surface area contributed by atoms with Gasteiger partial charge >= 0.3 is 0 Å². The number of benzene rings is 2. The van der Waals surface area contributed by atoms with E-state index < -0.39 is 0 Å². The van der Waals surface area contributed by atoms with Gasteiger partial charge in [-0.2, -0.15) is 0 Å². The molecule has 0 aliphatic carbocycles. The third-order valence-corrected chi connectivity index (χ3v) is 6.58. The first-order chi connectivity index (χ1) is 14.3. The molecule has 6 rings (SSSR count). The second-order valence-corrected chi connectivity index (χ2v) is 8.15. The van der Waals surface area contributed by atoms with Gasteiger partial charge in [0.25, 0.3) is 0 Å². The minimum absolute atomic E-state index is 0.166.